The Labute approximate surface area is 130 Å². The first-order chi connectivity index (χ1) is 10.9. The summed E-state index contributed by atoms with van der Waals surface area (Å²) in [5.74, 6) is 0.0709. The number of nitrogens with one attached hydrogen (secondary N) is 3. The van der Waals surface area contributed by atoms with Gasteiger partial charge in [0.05, 0.1) is 18.0 Å². The molecule has 0 unspecified atom stereocenters. The second kappa shape index (κ2) is 5.68. The molecule has 1 aromatic carbocycles. The van der Waals surface area contributed by atoms with E-state index in [1.165, 1.54) is 6.20 Å². The fraction of sp³-hybridized carbons (Fsp3) is 0.167. The van der Waals surface area contributed by atoms with Gasteiger partial charge >= 0.3 is 0 Å². The van der Waals surface area contributed by atoms with Gasteiger partial charge in [0.2, 0.25) is 15.9 Å². The third kappa shape index (κ3) is 3.63. The van der Waals surface area contributed by atoms with E-state index in [1.807, 2.05) is 24.3 Å². The number of fused-ring (bicyclic) bond motifs is 1. The summed E-state index contributed by atoms with van der Waals surface area (Å²) < 4.78 is 24.4. The van der Waals surface area contributed by atoms with Crippen molar-refractivity contribution < 1.29 is 13.2 Å². The summed E-state index contributed by atoms with van der Waals surface area (Å²) in [5, 5.41) is 18.0. The molecule has 23 heavy (non-hydrogen) atoms. The largest absolute Gasteiger partial charge is 0.307 e. The number of sulfonamides is 1. The maximum Gasteiger partial charge on any atom is 0.249 e. The minimum atomic E-state index is -3.44. The molecule has 0 saturated carbocycles. The van der Waals surface area contributed by atoms with Crippen molar-refractivity contribution in [1.29, 1.82) is 0 Å². The van der Waals surface area contributed by atoms with Crippen LogP contribution in [0.5, 0.6) is 0 Å². The number of nitrogens with zero attached hydrogens (tertiary/aromatic N) is 4. The van der Waals surface area contributed by atoms with E-state index in [4.69, 9.17) is 0 Å². The molecular formula is C12H13N7O3S. The molecule has 0 spiro atoms. The normalized spacial score (nSPS) is 11.5. The zero-order valence-electron chi connectivity index (χ0n) is 12.0. The van der Waals surface area contributed by atoms with Crippen LogP contribution in [0.2, 0.25) is 0 Å². The maximum absolute atomic E-state index is 12.0. The number of hydrogen-bond donors (Lipinski definition) is 3. The molecule has 3 rings (SSSR count). The molecule has 11 heteroatoms. The van der Waals surface area contributed by atoms with Crippen molar-refractivity contribution in [3.8, 4) is 0 Å². The Hall–Kier alpha value is -2.95. The molecule has 3 N–H and O–H groups in total. The fourth-order valence-corrected chi connectivity index (χ4v) is 2.44. The van der Waals surface area contributed by atoms with E-state index in [-0.39, 0.29) is 18.3 Å². The number of H-pyrrole nitrogens is 1. The average Bonchev–Trinajstić information content (AvgIpc) is 3.05. The van der Waals surface area contributed by atoms with E-state index in [0.29, 0.717) is 5.82 Å². The molecule has 2 heterocycles. The third-order valence-corrected chi connectivity index (χ3v) is 3.42. The lowest BCUT2D eigenvalue weighted by Gasteiger charge is -2.02. The zero-order valence-corrected chi connectivity index (χ0v) is 12.8. The van der Waals surface area contributed by atoms with Crippen LogP contribution in [0.3, 0.4) is 0 Å². The molecular weight excluding hydrogens is 322 g/mol. The number of carbonyl (C=O) groups excluding carboxylic acids is 1. The van der Waals surface area contributed by atoms with E-state index in [9.17, 15) is 13.2 Å². The molecule has 0 aliphatic heterocycles. The van der Waals surface area contributed by atoms with Crippen LogP contribution in [-0.2, 0) is 21.4 Å². The molecule has 0 radical (unpaired) electrons. The van der Waals surface area contributed by atoms with Gasteiger partial charge in [-0.15, -0.1) is 5.10 Å². The van der Waals surface area contributed by atoms with Gasteiger partial charge in [0, 0.05) is 5.39 Å². The van der Waals surface area contributed by atoms with Gasteiger partial charge in [0.15, 0.2) is 11.6 Å². The van der Waals surface area contributed by atoms with Gasteiger partial charge in [0.1, 0.15) is 6.54 Å². The van der Waals surface area contributed by atoms with Crippen molar-refractivity contribution in [2.75, 3.05) is 16.3 Å². The topological polar surface area (TPSA) is 135 Å². The first-order valence-corrected chi connectivity index (χ1v) is 8.41. The van der Waals surface area contributed by atoms with Gasteiger partial charge in [-0.25, -0.2) is 8.42 Å². The number of rotatable bonds is 5. The molecule has 10 nitrogen and oxygen atoms in total. The molecule has 0 atom stereocenters. The van der Waals surface area contributed by atoms with Gasteiger partial charge in [-0.1, -0.05) is 12.1 Å². The summed E-state index contributed by atoms with van der Waals surface area (Å²) in [6.07, 6.45) is 2.22. The quantitative estimate of drug-likeness (QED) is 0.608. The van der Waals surface area contributed by atoms with Crippen molar-refractivity contribution in [1.82, 2.24) is 25.2 Å². The molecule has 3 aromatic rings. The summed E-state index contributed by atoms with van der Waals surface area (Å²) in [6.45, 7) is -0.174. The lowest BCUT2D eigenvalue weighted by molar-refractivity contribution is -0.117. The lowest BCUT2D eigenvalue weighted by atomic mass is 10.2. The number of para-hydroxylation sites is 1. The summed E-state index contributed by atoms with van der Waals surface area (Å²) in [4.78, 5) is 13.1. The van der Waals surface area contributed by atoms with Crippen LogP contribution in [-0.4, -0.2) is 45.8 Å². The molecule has 1 amide bonds. The summed E-state index contributed by atoms with van der Waals surface area (Å²) in [7, 11) is -3.44. The van der Waals surface area contributed by atoms with Crippen LogP contribution >= 0.6 is 0 Å². The Morgan fingerprint density at radius 3 is 2.91 bits per heavy atom. The van der Waals surface area contributed by atoms with Gasteiger partial charge in [-0.05, 0) is 12.1 Å². The molecule has 0 aliphatic rings. The predicted molar refractivity (Wildman–Crippen MR) is 83.2 cm³/mol. The van der Waals surface area contributed by atoms with Gasteiger partial charge in [-0.2, -0.15) is 15.0 Å². The van der Waals surface area contributed by atoms with Crippen LogP contribution < -0.4 is 10.0 Å². The van der Waals surface area contributed by atoms with Crippen molar-refractivity contribution in [2.45, 2.75) is 6.54 Å². The molecule has 2 aromatic heterocycles. The van der Waals surface area contributed by atoms with Crippen molar-refractivity contribution in [3.63, 3.8) is 0 Å². The minimum absolute atomic E-state index is 0.0468. The average molecular weight is 335 g/mol. The standard InChI is InChI=1S/C12H13N7O3S/c1-23(21,22)18-10-6-13-19(17-10)7-11(20)14-12-8-4-2-3-5-9(8)15-16-12/h2-6H,7H2,1H3,(H,17,18)(H2,14,15,16,20). The highest BCUT2D eigenvalue weighted by Crippen LogP contribution is 2.19. The summed E-state index contributed by atoms with van der Waals surface area (Å²) in [6, 6.07) is 7.37. The number of carbonyl (C=O) groups is 1. The van der Waals surface area contributed by atoms with E-state index in [0.717, 1.165) is 22.0 Å². The summed E-state index contributed by atoms with van der Waals surface area (Å²) in [5.41, 5.74) is 0.805. The first kappa shape index (κ1) is 15.0. The molecule has 0 aliphatic carbocycles. The van der Waals surface area contributed by atoms with Crippen LogP contribution in [0.15, 0.2) is 30.5 Å². The van der Waals surface area contributed by atoms with Crippen LogP contribution in [0, 0.1) is 0 Å². The number of aromatic nitrogens is 5. The maximum atomic E-state index is 12.0. The molecule has 120 valence electrons. The monoisotopic (exact) mass is 335 g/mol. The van der Waals surface area contributed by atoms with Gasteiger partial charge in [0.25, 0.3) is 0 Å². The van der Waals surface area contributed by atoms with Crippen molar-refractivity contribution in [3.05, 3.63) is 30.5 Å². The van der Waals surface area contributed by atoms with Crippen LogP contribution in [0.4, 0.5) is 11.6 Å². The van der Waals surface area contributed by atoms with E-state index >= 15 is 0 Å². The Balaban J connectivity index is 1.68. The Kier molecular flexibility index (Phi) is 3.70. The number of hydrogen-bond acceptors (Lipinski definition) is 6. The van der Waals surface area contributed by atoms with Crippen molar-refractivity contribution in [2.24, 2.45) is 0 Å². The van der Waals surface area contributed by atoms with Crippen LogP contribution in [0.25, 0.3) is 10.9 Å². The number of amides is 1. The smallest absolute Gasteiger partial charge is 0.249 e. The predicted octanol–water partition coefficient (Wildman–Crippen LogP) is 0.165. The lowest BCUT2D eigenvalue weighted by Crippen LogP contribution is -2.21. The molecule has 0 bridgehead atoms. The summed E-state index contributed by atoms with van der Waals surface area (Å²) >= 11 is 0. The Morgan fingerprint density at radius 2 is 2.13 bits per heavy atom. The van der Waals surface area contributed by atoms with E-state index in [2.05, 4.69) is 30.4 Å². The second-order valence-corrected chi connectivity index (χ2v) is 6.55. The first-order valence-electron chi connectivity index (χ1n) is 6.51. The molecule has 0 saturated heterocycles. The van der Waals surface area contributed by atoms with Gasteiger partial charge < -0.3 is 5.32 Å². The molecule has 0 fully saturated rings. The number of aromatic amines is 1. The van der Waals surface area contributed by atoms with E-state index < -0.39 is 10.0 Å². The number of anilines is 2. The third-order valence-electron chi connectivity index (χ3n) is 2.84. The van der Waals surface area contributed by atoms with E-state index in [1.54, 1.807) is 0 Å². The van der Waals surface area contributed by atoms with Crippen LogP contribution in [0.1, 0.15) is 0 Å². The highest BCUT2D eigenvalue weighted by Gasteiger charge is 2.12. The Morgan fingerprint density at radius 1 is 1.35 bits per heavy atom. The highest BCUT2D eigenvalue weighted by atomic mass is 32.2. The fourth-order valence-electron chi connectivity index (χ4n) is 1.97. The Bertz CT molecular complexity index is 960. The SMILES string of the molecule is CS(=O)(=O)Nc1cnn(CC(=O)Nc2n[nH]c3ccccc23)n1. The minimum Gasteiger partial charge on any atom is -0.307 e. The second-order valence-electron chi connectivity index (χ2n) is 4.80. The van der Waals surface area contributed by atoms with Crippen molar-refractivity contribution >= 4 is 38.5 Å². The van der Waals surface area contributed by atoms with Gasteiger partial charge in [-0.3, -0.25) is 14.6 Å². The highest BCUT2D eigenvalue weighted by molar-refractivity contribution is 7.92. The number of benzene rings is 1. The zero-order chi connectivity index (χ0) is 16.4.